The van der Waals surface area contributed by atoms with Crippen LogP contribution in [-0.2, 0) is 10.3 Å². The lowest BCUT2D eigenvalue weighted by atomic mass is 9.81. The largest absolute Gasteiger partial charge is 0.379 e. The summed E-state index contributed by atoms with van der Waals surface area (Å²) < 4.78 is 5.74. The van der Waals surface area contributed by atoms with E-state index in [4.69, 9.17) is 22.0 Å². The van der Waals surface area contributed by atoms with E-state index in [1.54, 1.807) is 35.2 Å². The summed E-state index contributed by atoms with van der Waals surface area (Å²) in [7, 11) is 0. The van der Waals surface area contributed by atoms with Gasteiger partial charge in [-0.2, -0.15) is 0 Å². The number of amides is 1. The van der Waals surface area contributed by atoms with Gasteiger partial charge in [-0.25, -0.2) is 9.84 Å². The van der Waals surface area contributed by atoms with Crippen LogP contribution in [0.25, 0.3) is 4.85 Å². The zero-order valence-electron chi connectivity index (χ0n) is 14.3. The molecule has 1 saturated heterocycles. The van der Waals surface area contributed by atoms with Gasteiger partial charge >= 0.3 is 0 Å². The van der Waals surface area contributed by atoms with Gasteiger partial charge in [-0.3, -0.25) is 9.78 Å². The minimum absolute atomic E-state index is 0.267. The summed E-state index contributed by atoms with van der Waals surface area (Å²) in [5, 5.41) is 5.34. The Bertz CT molecular complexity index is 934. The van der Waals surface area contributed by atoms with Crippen molar-refractivity contribution in [3.63, 3.8) is 0 Å². The number of aromatic nitrogens is 1. The highest BCUT2D eigenvalue weighted by molar-refractivity contribution is 8.13. The standard InChI is InChI=1S/C18H17N5O2S2/c1-20-12-2-3-14(21-7-12)16(24)22-13-6-15(26-9-13)18-10-25-5-4-11(18)8-27-17(19)23-18/h2-3,6-7,9,11H,4-5,8,10H2,(H2,19,23)(H,22,24)/t11-,18-/m0/s1. The predicted octanol–water partition coefficient (Wildman–Crippen LogP) is 3.24. The van der Waals surface area contributed by atoms with Crippen LogP contribution in [0.3, 0.4) is 0 Å². The third-order valence-corrected chi connectivity index (χ3v) is 6.80. The maximum absolute atomic E-state index is 12.4. The van der Waals surface area contributed by atoms with Crippen LogP contribution in [0.2, 0.25) is 0 Å². The zero-order chi connectivity index (χ0) is 18.9. The van der Waals surface area contributed by atoms with E-state index >= 15 is 0 Å². The highest BCUT2D eigenvalue weighted by Crippen LogP contribution is 2.46. The number of nitrogens with zero attached hydrogens (tertiary/aromatic N) is 3. The number of amidine groups is 1. The number of fused-ring (bicyclic) bond motifs is 1. The van der Waals surface area contributed by atoms with Crippen molar-refractivity contribution in [2.45, 2.75) is 12.0 Å². The monoisotopic (exact) mass is 399 g/mol. The number of thiophene rings is 1. The number of thioether (sulfide) groups is 1. The Balaban J connectivity index is 1.56. The van der Waals surface area contributed by atoms with Gasteiger partial charge in [0, 0.05) is 34.7 Å². The van der Waals surface area contributed by atoms with Crippen LogP contribution >= 0.6 is 23.1 Å². The van der Waals surface area contributed by atoms with Crippen LogP contribution in [0.4, 0.5) is 11.4 Å². The Morgan fingerprint density at radius 3 is 3.15 bits per heavy atom. The molecule has 7 nitrogen and oxygen atoms in total. The molecule has 27 heavy (non-hydrogen) atoms. The van der Waals surface area contributed by atoms with Crippen LogP contribution < -0.4 is 11.1 Å². The lowest BCUT2D eigenvalue weighted by Crippen LogP contribution is -2.47. The van der Waals surface area contributed by atoms with E-state index in [2.05, 4.69) is 15.1 Å². The van der Waals surface area contributed by atoms with Gasteiger partial charge in [0.1, 0.15) is 11.2 Å². The number of carbonyl (C=O) groups is 1. The Labute approximate surface area is 164 Å². The maximum atomic E-state index is 12.4. The molecule has 0 aliphatic carbocycles. The van der Waals surface area contributed by atoms with Gasteiger partial charge in [-0.15, -0.1) is 11.3 Å². The number of hydrogen-bond donors (Lipinski definition) is 2. The van der Waals surface area contributed by atoms with Crippen LogP contribution in [0, 0.1) is 12.5 Å². The lowest BCUT2D eigenvalue weighted by molar-refractivity contribution is 0.00613. The molecule has 0 aromatic carbocycles. The number of aliphatic imine (C=N–C) groups is 1. The molecule has 4 rings (SSSR count). The van der Waals surface area contributed by atoms with E-state index in [9.17, 15) is 4.79 Å². The van der Waals surface area contributed by atoms with Crippen LogP contribution in [0.15, 0.2) is 34.8 Å². The second kappa shape index (κ2) is 7.31. The van der Waals surface area contributed by atoms with E-state index in [1.165, 1.54) is 6.20 Å². The molecule has 0 bridgehead atoms. The molecule has 2 atom stereocenters. The number of carbonyl (C=O) groups excluding carboxylic acids is 1. The topological polar surface area (TPSA) is 94.0 Å². The SMILES string of the molecule is [C-]#[N+]c1ccc(C(=O)Nc2csc([C@]34COCC[C@H]3CSC(N)=N4)c2)nc1. The Morgan fingerprint density at radius 1 is 1.48 bits per heavy atom. The van der Waals surface area contributed by atoms with Crippen LogP contribution in [-0.4, -0.2) is 35.0 Å². The van der Waals surface area contributed by atoms with E-state index in [0.717, 1.165) is 23.7 Å². The first-order chi connectivity index (χ1) is 13.1. The normalized spacial score (nSPS) is 24.4. The van der Waals surface area contributed by atoms with Gasteiger partial charge < -0.3 is 15.8 Å². The molecule has 4 heterocycles. The first-order valence-corrected chi connectivity index (χ1v) is 10.3. The van der Waals surface area contributed by atoms with Gasteiger partial charge in [0.15, 0.2) is 5.17 Å². The first-order valence-electron chi connectivity index (χ1n) is 8.40. The average molecular weight is 400 g/mol. The fourth-order valence-electron chi connectivity index (χ4n) is 3.31. The molecule has 0 spiro atoms. The van der Waals surface area contributed by atoms with Gasteiger partial charge in [0.05, 0.1) is 18.9 Å². The number of nitrogens with two attached hydrogens (primary N) is 1. The molecule has 0 radical (unpaired) electrons. The highest BCUT2D eigenvalue weighted by atomic mass is 32.2. The van der Waals surface area contributed by atoms with Crippen LogP contribution in [0.5, 0.6) is 0 Å². The minimum atomic E-state index is -0.462. The summed E-state index contributed by atoms with van der Waals surface area (Å²) in [6.07, 6.45) is 2.34. The molecule has 2 aromatic heterocycles. The van der Waals surface area contributed by atoms with E-state index in [-0.39, 0.29) is 11.6 Å². The van der Waals surface area contributed by atoms with E-state index in [1.807, 2.05) is 11.4 Å². The smallest absolute Gasteiger partial charge is 0.274 e. The summed E-state index contributed by atoms with van der Waals surface area (Å²) in [5.74, 6) is 0.982. The fourth-order valence-corrected chi connectivity index (χ4v) is 5.40. The Hall–Kier alpha value is -2.41. The summed E-state index contributed by atoms with van der Waals surface area (Å²) in [4.78, 5) is 25.5. The molecular formula is C18H17N5O2S2. The molecule has 2 aliphatic rings. The molecule has 1 fully saturated rings. The van der Waals surface area contributed by atoms with Crippen LogP contribution in [0.1, 0.15) is 21.8 Å². The fraction of sp³-hybridized carbons (Fsp3) is 0.333. The molecule has 0 unspecified atom stereocenters. The third kappa shape index (κ3) is 3.43. The number of rotatable bonds is 3. The summed E-state index contributed by atoms with van der Waals surface area (Å²) in [6.45, 7) is 8.19. The number of ether oxygens (including phenoxy) is 1. The van der Waals surface area contributed by atoms with Gasteiger partial charge in [-0.1, -0.05) is 17.8 Å². The third-order valence-electron chi connectivity index (χ3n) is 4.74. The Kier molecular flexibility index (Phi) is 4.86. The Morgan fingerprint density at radius 2 is 2.37 bits per heavy atom. The lowest BCUT2D eigenvalue weighted by Gasteiger charge is -2.42. The predicted molar refractivity (Wildman–Crippen MR) is 107 cm³/mol. The van der Waals surface area contributed by atoms with E-state index in [0.29, 0.717) is 29.1 Å². The molecule has 3 N–H and O–H groups in total. The van der Waals surface area contributed by atoms with Crippen molar-refractivity contribution in [2.24, 2.45) is 16.6 Å². The highest BCUT2D eigenvalue weighted by Gasteiger charge is 2.46. The molecule has 138 valence electrons. The quantitative estimate of drug-likeness (QED) is 0.773. The molecular weight excluding hydrogens is 382 g/mol. The van der Waals surface area contributed by atoms with Crippen molar-refractivity contribution in [1.82, 2.24) is 4.98 Å². The van der Waals surface area contributed by atoms with Crippen molar-refractivity contribution < 1.29 is 9.53 Å². The first kappa shape index (κ1) is 18.0. The summed E-state index contributed by atoms with van der Waals surface area (Å²) in [6, 6.07) is 5.07. The van der Waals surface area contributed by atoms with Crippen molar-refractivity contribution in [3.05, 3.63) is 51.8 Å². The van der Waals surface area contributed by atoms with Gasteiger partial charge in [-0.05, 0) is 18.6 Å². The molecule has 9 heteroatoms. The summed E-state index contributed by atoms with van der Waals surface area (Å²) >= 11 is 3.14. The summed E-state index contributed by atoms with van der Waals surface area (Å²) in [5.41, 5.74) is 6.92. The second-order valence-corrected chi connectivity index (χ2v) is 8.34. The van der Waals surface area contributed by atoms with E-state index < -0.39 is 5.54 Å². The number of anilines is 1. The molecule has 2 aromatic rings. The minimum Gasteiger partial charge on any atom is -0.379 e. The van der Waals surface area contributed by atoms with Crippen molar-refractivity contribution in [1.29, 1.82) is 0 Å². The number of hydrogen-bond acceptors (Lipinski definition) is 7. The van der Waals surface area contributed by atoms with Gasteiger partial charge in [0.25, 0.3) is 5.91 Å². The number of nitrogens with one attached hydrogen (secondary N) is 1. The molecule has 2 aliphatic heterocycles. The second-order valence-electron chi connectivity index (χ2n) is 6.39. The maximum Gasteiger partial charge on any atom is 0.274 e. The number of pyridine rings is 1. The average Bonchev–Trinajstić information content (AvgIpc) is 3.17. The molecule has 0 saturated carbocycles. The van der Waals surface area contributed by atoms with Crippen molar-refractivity contribution in [2.75, 3.05) is 24.3 Å². The zero-order valence-corrected chi connectivity index (χ0v) is 16.0. The van der Waals surface area contributed by atoms with Gasteiger partial charge in [0.2, 0.25) is 5.69 Å². The molecule has 1 amide bonds. The van der Waals surface area contributed by atoms with Crippen molar-refractivity contribution >= 4 is 45.5 Å². The van der Waals surface area contributed by atoms with Crippen molar-refractivity contribution in [3.8, 4) is 0 Å².